The molecule has 1 aliphatic heterocycles. The predicted molar refractivity (Wildman–Crippen MR) is 81.2 cm³/mol. The third-order valence-electron chi connectivity index (χ3n) is 4.23. The van der Waals surface area contributed by atoms with Gasteiger partial charge in [0.2, 0.25) is 5.91 Å². The largest absolute Gasteiger partial charge is 0.495 e. The van der Waals surface area contributed by atoms with Gasteiger partial charge in [0.1, 0.15) is 17.4 Å². The fourth-order valence-electron chi connectivity index (χ4n) is 3.06. The first-order valence-electron chi connectivity index (χ1n) is 7.18. The van der Waals surface area contributed by atoms with Gasteiger partial charge >= 0.3 is 0 Å². The Hall–Kier alpha value is -2.10. The van der Waals surface area contributed by atoms with E-state index in [9.17, 15) is 4.79 Å². The zero-order valence-corrected chi connectivity index (χ0v) is 13.0. The molecular weight excluding hydrogens is 282 g/mol. The molecule has 1 amide bonds. The topological polar surface area (TPSA) is 88.6 Å². The monoisotopic (exact) mass is 303 g/mol. The molecule has 118 valence electrons. The van der Waals surface area contributed by atoms with Crippen molar-refractivity contribution < 1.29 is 14.3 Å². The SMILES string of the molecule is COCC1(C(N)=O)CCCN1Cc1ccc(C#N)c(OC)c1. The number of likely N-dealkylation sites (tertiary alicyclic amines) is 1. The highest BCUT2D eigenvalue weighted by Gasteiger charge is 2.46. The Morgan fingerprint density at radius 1 is 1.50 bits per heavy atom. The second-order valence-electron chi connectivity index (χ2n) is 5.50. The number of nitrogens with zero attached hydrogens (tertiary/aromatic N) is 2. The number of benzene rings is 1. The van der Waals surface area contributed by atoms with Crippen molar-refractivity contribution >= 4 is 5.91 Å². The zero-order chi connectivity index (χ0) is 16.2. The fourth-order valence-corrected chi connectivity index (χ4v) is 3.06. The maximum Gasteiger partial charge on any atom is 0.240 e. The molecule has 0 radical (unpaired) electrons. The van der Waals surface area contributed by atoms with Crippen LogP contribution in [0.2, 0.25) is 0 Å². The number of primary amides is 1. The second-order valence-corrected chi connectivity index (χ2v) is 5.50. The van der Waals surface area contributed by atoms with E-state index in [1.807, 2.05) is 12.1 Å². The maximum atomic E-state index is 12.0. The third kappa shape index (κ3) is 2.91. The lowest BCUT2D eigenvalue weighted by Gasteiger charge is -2.35. The predicted octanol–water partition coefficient (Wildman–Crippen LogP) is 1.03. The molecule has 0 aromatic heterocycles. The van der Waals surface area contributed by atoms with E-state index in [1.54, 1.807) is 13.2 Å². The first kappa shape index (κ1) is 16.3. The average molecular weight is 303 g/mol. The summed E-state index contributed by atoms with van der Waals surface area (Å²) in [6.45, 7) is 1.64. The van der Waals surface area contributed by atoms with Crippen molar-refractivity contribution in [2.24, 2.45) is 5.73 Å². The van der Waals surface area contributed by atoms with Crippen LogP contribution in [0.1, 0.15) is 24.0 Å². The minimum Gasteiger partial charge on any atom is -0.495 e. The number of rotatable bonds is 6. The maximum absolute atomic E-state index is 12.0. The number of nitrogens with two attached hydrogens (primary N) is 1. The summed E-state index contributed by atoms with van der Waals surface area (Å²) in [7, 11) is 3.11. The Morgan fingerprint density at radius 2 is 2.27 bits per heavy atom. The molecule has 0 bridgehead atoms. The van der Waals surface area contributed by atoms with Gasteiger partial charge in [0, 0.05) is 13.7 Å². The molecule has 6 nitrogen and oxygen atoms in total. The number of methoxy groups -OCH3 is 2. The Morgan fingerprint density at radius 3 is 2.86 bits per heavy atom. The van der Waals surface area contributed by atoms with E-state index in [2.05, 4.69) is 11.0 Å². The van der Waals surface area contributed by atoms with Crippen molar-refractivity contribution in [2.75, 3.05) is 27.4 Å². The van der Waals surface area contributed by atoms with E-state index < -0.39 is 5.54 Å². The van der Waals surface area contributed by atoms with Crippen LogP contribution in [-0.2, 0) is 16.1 Å². The molecule has 1 atom stereocenters. The normalized spacial score (nSPS) is 21.5. The first-order valence-corrected chi connectivity index (χ1v) is 7.18. The molecular formula is C16H21N3O3. The van der Waals surface area contributed by atoms with Gasteiger partial charge in [0.05, 0.1) is 19.3 Å². The Bertz CT molecular complexity index is 597. The van der Waals surface area contributed by atoms with E-state index in [0.717, 1.165) is 18.5 Å². The Labute approximate surface area is 130 Å². The number of hydrogen-bond donors (Lipinski definition) is 1. The highest BCUT2D eigenvalue weighted by Crippen LogP contribution is 2.32. The van der Waals surface area contributed by atoms with Crippen LogP contribution in [-0.4, -0.2) is 43.7 Å². The molecule has 1 unspecified atom stereocenters. The molecule has 1 aliphatic rings. The molecule has 0 saturated carbocycles. The van der Waals surface area contributed by atoms with Gasteiger partial charge in [-0.1, -0.05) is 6.07 Å². The summed E-state index contributed by atoms with van der Waals surface area (Å²) in [6.07, 6.45) is 1.60. The van der Waals surface area contributed by atoms with Crippen LogP contribution in [0.25, 0.3) is 0 Å². The van der Waals surface area contributed by atoms with Gasteiger partial charge in [-0.25, -0.2) is 0 Å². The van der Waals surface area contributed by atoms with E-state index in [0.29, 0.717) is 24.3 Å². The number of carbonyl (C=O) groups excluding carboxylic acids is 1. The fraction of sp³-hybridized carbons (Fsp3) is 0.500. The lowest BCUT2D eigenvalue weighted by molar-refractivity contribution is -0.132. The standard InChI is InChI=1S/C16H21N3O3/c1-21-11-16(15(18)20)6-3-7-19(16)10-12-4-5-13(9-17)14(8-12)22-2/h4-5,8H,3,6-7,10-11H2,1-2H3,(H2,18,20). The summed E-state index contributed by atoms with van der Waals surface area (Å²) in [5.41, 5.74) is 6.35. The van der Waals surface area contributed by atoms with Gasteiger partial charge in [-0.15, -0.1) is 0 Å². The molecule has 22 heavy (non-hydrogen) atoms. The lowest BCUT2D eigenvalue weighted by Crippen LogP contribution is -2.56. The number of ether oxygens (including phenoxy) is 2. The highest BCUT2D eigenvalue weighted by atomic mass is 16.5. The van der Waals surface area contributed by atoms with Crippen molar-refractivity contribution in [3.8, 4) is 11.8 Å². The van der Waals surface area contributed by atoms with Crippen LogP contribution >= 0.6 is 0 Å². The van der Waals surface area contributed by atoms with Crippen molar-refractivity contribution in [1.82, 2.24) is 4.90 Å². The summed E-state index contributed by atoms with van der Waals surface area (Å²) < 4.78 is 10.5. The van der Waals surface area contributed by atoms with E-state index >= 15 is 0 Å². The Kier molecular flexibility index (Phi) is 5.01. The minimum atomic E-state index is -0.754. The summed E-state index contributed by atoms with van der Waals surface area (Å²) in [4.78, 5) is 14.0. The smallest absolute Gasteiger partial charge is 0.240 e. The van der Waals surface area contributed by atoms with Crippen LogP contribution in [0.3, 0.4) is 0 Å². The minimum absolute atomic E-state index is 0.287. The average Bonchev–Trinajstić information content (AvgIpc) is 2.91. The third-order valence-corrected chi connectivity index (χ3v) is 4.23. The number of hydrogen-bond acceptors (Lipinski definition) is 5. The second kappa shape index (κ2) is 6.77. The van der Waals surface area contributed by atoms with Crippen molar-refractivity contribution in [3.05, 3.63) is 29.3 Å². The molecule has 1 aromatic carbocycles. The summed E-state index contributed by atoms with van der Waals surface area (Å²) in [6, 6.07) is 7.52. The van der Waals surface area contributed by atoms with Gasteiger partial charge in [0.25, 0.3) is 0 Å². The Balaban J connectivity index is 2.25. The number of amides is 1. The van der Waals surface area contributed by atoms with Crippen molar-refractivity contribution in [1.29, 1.82) is 5.26 Å². The van der Waals surface area contributed by atoms with Crippen molar-refractivity contribution in [2.45, 2.75) is 24.9 Å². The number of carbonyl (C=O) groups is 1. The molecule has 0 aliphatic carbocycles. The number of nitriles is 1. The van der Waals surface area contributed by atoms with Crippen molar-refractivity contribution in [3.63, 3.8) is 0 Å². The molecule has 1 saturated heterocycles. The molecule has 2 N–H and O–H groups in total. The summed E-state index contributed by atoms with van der Waals surface area (Å²) in [5.74, 6) is 0.183. The van der Waals surface area contributed by atoms with E-state index in [1.165, 1.54) is 7.11 Å². The van der Waals surface area contributed by atoms with E-state index in [4.69, 9.17) is 20.5 Å². The van der Waals surface area contributed by atoms with E-state index in [-0.39, 0.29) is 12.5 Å². The lowest BCUT2D eigenvalue weighted by atomic mass is 9.95. The molecule has 2 rings (SSSR count). The van der Waals surface area contributed by atoms with Gasteiger partial charge in [-0.3, -0.25) is 9.69 Å². The summed E-state index contributed by atoms with van der Waals surface area (Å²) >= 11 is 0. The first-order chi connectivity index (χ1) is 10.6. The molecule has 0 spiro atoms. The summed E-state index contributed by atoms with van der Waals surface area (Å²) in [5, 5.41) is 9.03. The van der Waals surface area contributed by atoms with Crippen LogP contribution in [0.15, 0.2) is 18.2 Å². The van der Waals surface area contributed by atoms with Crippen LogP contribution in [0.5, 0.6) is 5.75 Å². The van der Waals surface area contributed by atoms with Gasteiger partial charge in [0.15, 0.2) is 0 Å². The molecule has 1 aromatic rings. The zero-order valence-electron chi connectivity index (χ0n) is 13.0. The molecule has 6 heteroatoms. The van der Waals surface area contributed by atoms with Gasteiger partial charge < -0.3 is 15.2 Å². The van der Waals surface area contributed by atoms with Gasteiger partial charge in [-0.2, -0.15) is 5.26 Å². The van der Waals surface area contributed by atoms with Crippen LogP contribution in [0, 0.1) is 11.3 Å². The highest BCUT2D eigenvalue weighted by molar-refractivity contribution is 5.85. The molecule has 1 heterocycles. The van der Waals surface area contributed by atoms with Crippen LogP contribution < -0.4 is 10.5 Å². The van der Waals surface area contributed by atoms with Gasteiger partial charge in [-0.05, 0) is 37.1 Å². The quantitative estimate of drug-likeness (QED) is 0.848. The molecule has 1 fully saturated rings. The van der Waals surface area contributed by atoms with Crippen LogP contribution in [0.4, 0.5) is 0 Å².